The zero-order valence-electron chi connectivity index (χ0n) is 8.79. The van der Waals surface area contributed by atoms with Crippen molar-refractivity contribution >= 4 is 48.4 Å². The van der Waals surface area contributed by atoms with Crippen LogP contribution in [-0.4, -0.2) is 15.9 Å². The molecule has 0 aromatic heterocycles. The van der Waals surface area contributed by atoms with Crippen molar-refractivity contribution in [2.75, 3.05) is 5.33 Å². The maximum absolute atomic E-state index is 13.6. The van der Waals surface area contributed by atoms with Crippen molar-refractivity contribution in [3.63, 3.8) is 0 Å². The molecule has 0 bridgehead atoms. The number of ketones is 1. The van der Waals surface area contributed by atoms with Crippen LogP contribution < -0.4 is 0 Å². The number of rotatable bonds is 3. The number of fused-ring (bicyclic) bond motifs is 1. The quantitative estimate of drug-likeness (QED) is 0.589. The van der Waals surface area contributed by atoms with Gasteiger partial charge in [0.05, 0.1) is 4.83 Å². The standard InChI is InChI=1S/C13H9Br2FO/c14-7-11(15)13(17)10-5-6-12(16)9-4-2-1-3-8(9)10/h1-6,11H,7H2. The fourth-order valence-corrected chi connectivity index (χ4v) is 2.26. The third kappa shape index (κ3) is 2.43. The molecule has 0 spiro atoms. The molecule has 0 aliphatic heterocycles. The van der Waals surface area contributed by atoms with Crippen LogP contribution in [0.2, 0.25) is 0 Å². The van der Waals surface area contributed by atoms with E-state index in [4.69, 9.17) is 0 Å². The predicted molar refractivity (Wildman–Crippen MR) is 74.7 cm³/mol. The highest BCUT2D eigenvalue weighted by Gasteiger charge is 2.18. The molecule has 0 fully saturated rings. The summed E-state index contributed by atoms with van der Waals surface area (Å²) in [6.45, 7) is 0. The van der Waals surface area contributed by atoms with Gasteiger partial charge in [0.2, 0.25) is 0 Å². The minimum absolute atomic E-state index is 0.0434. The van der Waals surface area contributed by atoms with Crippen LogP contribution in [0.4, 0.5) is 4.39 Å². The van der Waals surface area contributed by atoms with Crippen LogP contribution in [0.1, 0.15) is 10.4 Å². The van der Waals surface area contributed by atoms with Gasteiger partial charge in [0.15, 0.2) is 5.78 Å². The molecular weight excluding hydrogens is 351 g/mol. The predicted octanol–water partition coefficient (Wildman–Crippen LogP) is 4.32. The van der Waals surface area contributed by atoms with Crippen LogP contribution >= 0.6 is 31.9 Å². The molecule has 0 saturated heterocycles. The molecule has 0 radical (unpaired) electrons. The van der Waals surface area contributed by atoms with Crippen LogP contribution in [-0.2, 0) is 0 Å². The topological polar surface area (TPSA) is 17.1 Å². The maximum atomic E-state index is 13.6. The number of hydrogen-bond donors (Lipinski definition) is 0. The van der Waals surface area contributed by atoms with E-state index < -0.39 is 0 Å². The molecule has 0 N–H and O–H groups in total. The smallest absolute Gasteiger partial charge is 0.177 e. The second-order valence-corrected chi connectivity index (χ2v) is 5.38. The summed E-state index contributed by atoms with van der Waals surface area (Å²) in [5.74, 6) is -0.347. The summed E-state index contributed by atoms with van der Waals surface area (Å²) in [6, 6.07) is 9.88. The van der Waals surface area contributed by atoms with Gasteiger partial charge < -0.3 is 0 Å². The van der Waals surface area contributed by atoms with Gasteiger partial charge in [-0.25, -0.2) is 4.39 Å². The van der Waals surface area contributed by atoms with E-state index in [1.807, 2.05) is 0 Å². The van der Waals surface area contributed by atoms with Crippen LogP contribution in [0.5, 0.6) is 0 Å². The van der Waals surface area contributed by atoms with Crippen LogP contribution in [0.25, 0.3) is 10.8 Å². The van der Waals surface area contributed by atoms with Gasteiger partial charge in [-0.2, -0.15) is 0 Å². The van der Waals surface area contributed by atoms with E-state index >= 15 is 0 Å². The maximum Gasteiger partial charge on any atom is 0.177 e. The zero-order valence-corrected chi connectivity index (χ0v) is 12.0. The lowest BCUT2D eigenvalue weighted by molar-refractivity contribution is 0.0999. The van der Waals surface area contributed by atoms with Crippen molar-refractivity contribution < 1.29 is 9.18 Å². The van der Waals surface area contributed by atoms with E-state index in [1.165, 1.54) is 12.1 Å². The number of halogens is 3. The van der Waals surface area contributed by atoms with E-state index in [-0.39, 0.29) is 16.4 Å². The molecule has 0 amide bonds. The van der Waals surface area contributed by atoms with Crippen molar-refractivity contribution in [2.24, 2.45) is 0 Å². The van der Waals surface area contributed by atoms with Crippen molar-refractivity contribution in [1.29, 1.82) is 0 Å². The van der Waals surface area contributed by atoms with E-state index in [1.54, 1.807) is 24.3 Å². The van der Waals surface area contributed by atoms with E-state index in [0.29, 0.717) is 21.7 Å². The Balaban J connectivity index is 2.63. The SMILES string of the molecule is O=C(c1ccc(F)c2ccccc12)C(Br)CBr. The van der Waals surface area contributed by atoms with Crippen molar-refractivity contribution in [3.8, 4) is 0 Å². The third-order valence-electron chi connectivity index (χ3n) is 2.56. The van der Waals surface area contributed by atoms with E-state index in [2.05, 4.69) is 31.9 Å². The number of carbonyl (C=O) groups is 1. The van der Waals surface area contributed by atoms with Gasteiger partial charge in [0, 0.05) is 16.3 Å². The lowest BCUT2D eigenvalue weighted by Crippen LogP contribution is -2.15. The minimum atomic E-state index is -0.304. The van der Waals surface area contributed by atoms with Gasteiger partial charge in [-0.3, -0.25) is 4.79 Å². The van der Waals surface area contributed by atoms with Crippen molar-refractivity contribution in [2.45, 2.75) is 4.83 Å². The summed E-state index contributed by atoms with van der Waals surface area (Å²) in [5.41, 5.74) is 0.545. The van der Waals surface area contributed by atoms with Crippen LogP contribution in [0.3, 0.4) is 0 Å². The molecule has 1 atom stereocenters. The lowest BCUT2D eigenvalue weighted by atomic mass is 10.00. The van der Waals surface area contributed by atoms with Crippen LogP contribution in [0, 0.1) is 5.82 Å². The highest BCUT2D eigenvalue weighted by Crippen LogP contribution is 2.24. The number of Topliss-reactive ketones (excluding diaryl/α,β-unsaturated/α-hetero) is 1. The normalized spacial score (nSPS) is 12.6. The molecule has 0 saturated carbocycles. The van der Waals surface area contributed by atoms with Gasteiger partial charge in [-0.05, 0) is 17.5 Å². The van der Waals surface area contributed by atoms with Gasteiger partial charge in [0.25, 0.3) is 0 Å². The van der Waals surface area contributed by atoms with Crippen molar-refractivity contribution in [3.05, 3.63) is 47.8 Å². The monoisotopic (exact) mass is 358 g/mol. The first-order valence-electron chi connectivity index (χ1n) is 5.06. The molecule has 2 aromatic rings. The molecular formula is C13H9Br2FO. The number of alkyl halides is 2. The summed E-state index contributed by atoms with van der Waals surface area (Å²) in [7, 11) is 0. The molecule has 2 aromatic carbocycles. The largest absolute Gasteiger partial charge is 0.293 e. The zero-order chi connectivity index (χ0) is 12.4. The molecule has 4 heteroatoms. The minimum Gasteiger partial charge on any atom is -0.293 e. The Labute approximate surface area is 115 Å². The Bertz CT molecular complexity index is 568. The van der Waals surface area contributed by atoms with Crippen LogP contribution in [0.15, 0.2) is 36.4 Å². The second kappa shape index (κ2) is 5.27. The summed E-state index contributed by atoms with van der Waals surface area (Å²) in [4.78, 5) is 11.8. The highest BCUT2D eigenvalue weighted by molar-refractivity contribution is 9.12. The lowest BCUT2D eigenvalue weighted by Gasteiger charge is -2.09. The fraction of sp³-hybridized carbons (Fsp3) is 0.154. The molecule has 0 heterocycles. The Morgan fingerprint density at radius 1 is 1.18 bits per heavy atom. The van der Waals surface area contributed by atoms with Gasteiger partial charge in [0.1, 0.15) is 5.82 Å². The molecule has 2 rings (SSSR count). The van der Waals surface area contributed by atoms with Gasteiger partial charge in [-0.1, -0.05) is 56.1 Å². The summed E-state index contributed by atoms with van der Waals surface area (Å²) in [5, 5.41) is 1.66. The summed E-state index contributed by atoms with van der Waals surface area (Å²) < 4.78 is 13.6. The highest BCUT2D eigenvalue weighted by atomic mass is 79.9. The first-order chi connectivity index (χ1) is 8.15. The summed E-state index contributed by atoms with van der Waals surface area (Å²) in [6.07, 6.45) is 0. The molecule has 0 aliphatic rings. The first kappa shape index (κ1) is 12.7. The molecule has 0 aliphatic carbocycles. The molecule has 1 nitrogen and oxygen atoms in total. The molecule has 1 unspecified atom stereocenters. The number of benzene rings is 2. The molecule has 88 valence electrons. The Morgan fingerprint density at radius 3 is 2.47 bits per heavy atom. The van der Waals surface area contributed by atoms with E-state index in [9.17, 15) is 9.18 Å². The average Bonchev–Trinajstić information content (AvgIpc) is 2.38. The van der Waals surface area contributed by atoms with Gasteiger partial charge >= 0.3 is 0 Å². The van der Waals surface area contributed by atoms with E-state index in [0.717, 1.165) is 0 Å². The third-order valence-corrected chi connectivity index (χ3v) is 4.81. The Kier molecular flexibility index (Phi) is 3.94. The first-order valence-corrected chi connectivity index (χ1v) is 7.10. The average molecular weight is 360 g/mol. The molecule has 17 heavy (non-hydrogen) atoms. The Morgan fingerprint density at radius 2 is 1.82 bits per heavy atom. The summed E-state index contributed by atoms with van der Waals surface area (Å²) >= 11 is 6.54. The number of carbonyl (C=O) groups excluding carboxylic acids is 1. The van der Waals surface area contributed by atoms with Gasteiger partial charge in [-0.15, -0.1) is 0 Å². The fourth-order valence-electron chi connectivity index (χ4n) is 1.72. The second-order valence-electron chi connectivity index (χ2n) is 3.63. The number of hydrogen-bond acceptors (Lipinski definition) is 1. The Hall–Kier alpha value is -0.740. The van der Waals surface area contributed by atoms with Crippen molar-refractivity contribution in [1.82, 2.24) is 0 Å².